The Kier molecular flexibility index (Phi) is 5.18. The van der Waals surface area contributed by atoms with Crippen molar-refractivity contribution < 1.29 is 14.3 Å². The Morgan fingerprint density at radius 3 is 2.53 bits per heavy atom. The summed E-state index contributed by atoms with van der Waals surface area (Å²) in [5.74, 6) is 0.686. The second kappa shape index (κ2) is 6.43. The molecule has 0 radical (unpaired) electrons. The molecule has 0 unspecified atom stereocenters. The van der Waals surface area contributed by atoms with E-state index in [9.17, 15) is 4.79 Å². The van der Waals surface area contributed by atoms with E-state index in [1.165, 1.54) is 0 Å². The van der Waals surface area contributed by atoms with Gasteiger partial charge in [-0.25, -0.2) is 4.79 Å². The molecule has 1 amide bonds. The lowest BCUT2D eigenvalue weighted by atomic mass is 10.1. The van der Waals surface area contributed by atoms with Gasteiger partial charge in [-0.05, 0) is 39.4 Å². The maximum Gasteiger partial charge on any atom is 0.412 e. The average Bonchev–Trinajstić information content (AvgIpc) is 2.29. The van der Waals surface area contributed by atoms with Gasteiger partial charge in [-0.3, -0.25) is 5.32 Å². The molecule has 0 atom stereocenters. The van der Waals surface area contributed by atoms with E-state index in [1.807, 2.05) is 40.0 Å². The van der Waals surface area contributed by atoms with Crippen LogP contribution in [-0.2, 0) is 11.3 Å². The minimum absolute atomic E-state index is 0.474. The van der Waals surface area contributed by atoms with Crippen LogP contribution in [0.15, 0.2) is 18.2 Å². The first-order valence-corrected chi connectivity index (χ1v) is 6.17. The number of hydrogen-bond acceptors (Lipinski definition) is 4. The Morgan fingerprint density at radius 2 is 2.00 bits per heavy atom. The third-order valence-corrected chi connectivity index (χ3v) is 2.32. The predicted octanol–water partition coefficient (Wildman–Crippen LogP) is 2.76. The standard InChI is InChI=1S/C14H22N2O3/c1-14(2,3)19-13(17)16-12-8-11(18-5)7-6-10(12)9-15-4/h6-8,15H,9H2,1-5H3,(H,16,17). The Balaban J connectivity index is 2.87. The molecule has 0 aliphatic rings. The number of carbonyl (C=O) groups is 1. The van der Waals surface area contributed by atoms with Gasteiger partial charge < -0.3 is 14.8 Å². The summed E-state index contributed by atoms with van der Waals surface area (Å²) in [4.78, 5) is 11.8. The van der Waals surface area contributed by atoms with Crippen molar-refractivity contribution in [3.05, 3.63) is 23.8 Å². The molecule has 2 N–H and O–H groups in total. The minimum Gasteiger partial charge on any atom is -0.497 e. The van der Waals surface area contributed by atoms with Crippen LogP contribution in [0.2, 0.25) is 0 Å². The Hall–Kier alpha value is -1.75. The van der Waals surface area contributed by atoms with E-state index in [4.69, 9.17) is 9.47 Å². The van der Waals surface area contributed by atoms with E-state index >= 15 is 0 Å². The molecule has 5 nitrogen and oxygen atoms in total. The van der Waals surface area contributed by atoms with Gasteiger partial charge in [0.1, 0.15) is 11.4 Å². The van der Waals surface area contributed by atoms with Crippen molar-refractivity contribution in [3.63, 3.8) is 0 Å². The largest absolute Gasteiger partial charge is 0.497 e. The van der Waals surface area contributed by atoms with Gasteiger partial charge in [0.2, 0.25) is 0 Å². The molecule has 0 saturated heterocycles. The van der Waals surface area contributed by atoms with Crippen molar-refractivity contribution in [2.75, 3.05) is 19.5 Å². The van der Waals surface area contributed by atoms with Gasteiger partial charge in [0, 0.05) is 12.6 Å². The molecule has 0 aliphatic carbocycles. The summed E-state index contributed by atoms with van der Waals surface area (Å²) in [6.45, 7) is 6.13. The summed E-state index contributed by atoms with van der Waals surface area (Å²) < 4.78 is 10.4. The van der Waals surface area contributed by atoms with E-state index in [-0.39, 0.29) is 0 Å². The predicted molar refractivity (Wildman–Crippen MR) is 75.6 cm³/mol. The Bertz CT molecular complexity index is 439. The van der Waals surface area contributed by atoms with Gasteiger partial charge in [-0.1, -0.05) is 6.07 Å². The summed E-state index contributed by atoms with van der Waals surface area (Å²) in [6, 6.07) is 5.53. The van der Waals surface area contributed by atoms with Gasteiger partial charge in [0.05, 0.1) is 12.8 Å². The third-order valence-electron chi connectivity index (χ3n) is 2.32. The summed E-state index contributed by atoms with van der Waals surface area (Å²) >= 11 is 0. The number of amides is 1. The van der Waals surface area contributed by atoms with Crippen LogP contribution in [0.4, 0.5) is 10.5 Å². The van der Waals surface area contributed by atoms with Crippen molar-refractivity contribution in [1.82, 2.24) is 5.32 Å². The van der Waals surface area contributed by atoms with E-state index in [0.717, 1.165) is 5.56 Å². The molecular weight excluding hydrogens is 244 g/mol. The normalized spacial score (nSPS) is 11.0. The lowest BCUT2D eigenvalue weighted by Crippen LogP contribution is -2.27. The first-order valence-electron chi connectivity index (χ1n) is 6.17. The fourth-order valence-corrected chi connectivity index (χ4v) is 1.56. The number of methoxy groups -OCH3 is 1. The van der Waals surface area contributed by atoms with Gasteiger partial charge in [-0.15, -0.1) is 0 Å². The summed E-state index contributed by atoms with van der Waals surface area (Å²) in [5, 5.41) is 5.80. The van der Waals surface area contributed by atoms with Crippen LogP contribution in [0.3, 0.4) is 0 Å². The second-order valence-electron chi connectivity index (χ2n) is 5.18. The first-order chi connectivity index (χ1) is 8.85. The topological polar surface area (TPSA) is 59.6 Å². The highest BCUT2D eigenvalue weighted by atomic mass is 16.6. The molecule has 1 aromatic carbocycles. The SMILES string of the molecule is CNCc1ccc(OC)cc1NC(=O)OC(C)(C)C. The quantitative estimate of drug-likeness (QED) is 0.879. The highest BCUT2D eigenvalue weighted by Crippen LogP contribution is 2.23. The number of anilines is 1. The van der Waals surface area contributed by atoms with Crippen LogP contribution >= 0.6 is 0 Å². The number of ether oxygens (including phenoxy) is 2. The zero-order chi connectivity index (χ0) is 14.5. The maximum atomic E-state index is 11.8. The molecule has 1 aromatic rings. The van der Waals surface area contributed by atoms with Crippen LogP contribution < -0.4 is 15.4 Å². The van der Waals surface area contributed by atoms with E-state index in [0.29, 0.717) is 18.0 Å². The Labute approximate surface area is 114 Å². The molecular formula is C14H22N2O3. The molecule has 0 bridgehead atoms. The van der Waals surface area contributed by atoms with Crippen LogP contribution in [0.25, 0.3) is 0 Å². The highest BCUT2D eigenvalue weighted by molar-refractivity contribution is 5.86. The molecule has 5 heteroatoms. The zero-order valence-corrected chi connectivity index (χ0v) is 12.2. The first kappa shape index (κ1) is 15.3. The van der Waals surface area contributed by atoms with Crippen LogP contribution in [0.1, 0.15) is 26.3 Å². The van der Waals surface area contributed by atoms with Crippen molar-refractivity contribution >= 4 is 11.8 Å². The molecule has 0 fully saturated rings. The number of rotatable bonds is 4. The number of benzene rings is 1. The van der Waals surface area contributed by atoms with Gasteiger partial charge in [0.25, 0.3) is 0 Å². The van der Waals surface area contributed by atoms with E-state index < -0.39 is 11.7 Å². The number of hydrogen-bond donors (Lipinski definition) is 2. The molecule has 0 spiro atoms. The molecule has 0 aromatic heterocycles. The lowest BCUT2D eigenvalue weighted by Gasteiger charge is -2.20. The molecule has 0 heterocycles. The number of carbonyl (C=O) groups excluding carboxylic acids is 1. The van der Waals surface area contributed by atoms with Crippen LogP contribution in [-0.4, -0.2) is 25.9 Å². The lowest BCUT2D eigenvalue weighted by molar-refractivity contribution is 0.0636. The molecule has 0 aliphatic heterocycles. The zero-order valence-electron chi connectivity index (χ0n) is 12.2. The van der Waals surface area contributed by atoms with Crippen molar-refractivity contribution in [2.45, 2.75) is 32.9 Å². The maximum absolute atomic E-state index is 11.8. The third kappa shape index (κ3) is 5.18. The number of nitrogens with one attached hydrogen (secondary N) is 2. The minimum atomic E-state index is -0.522. The molecule has 0 saturated carbocycles. The Morgan fingerprint density at radius 1 is 1.32 bits per heavy atom. The van der Waals surface area contributed by atoms with Crippen LogP contribution in [0.5, 0.6) is 5.75 Å². The van der Waals surface area contributed by atoms with Gasteiger partial charge in [0.15, 0.2) is 0 Å². The summed E-state index contributed by atoms with van der Waals surface area (Å²) in [5.41, 5.74) is 1.13. The second-order valence-corrected chi connectivity index (χ2v) is 5.18. The fourth-order valence-electron chi connectivity index (χ4n) is 1.56. The monoisotopic (exact) mass is 266 g/mol. The van der Waals surface area contributed by atoms with Gasteiger partial charge >= 0.3 is 6.09 Å². The van der Waals surface area contributed by atoms with Crippen molar-refractivity contribution in [3.8, 4) is 5.75 Å². The molecule has 1 rings (SSSR count). The average molecular weight is 266 g/mol. The summed E-state index contributed by atoms with van der Waals surface area (Å²) in [7, 11) is 3.44. The fraction of sp³-hybridized carbons (Fsp3) is 0.500. The molecule has 106 valence electrons. The van der Waals surface area contributed by atoms with Crippen molar-refractivity contribution in [1.29, 1.82) is 0 Å². The van der Waals surface area contributed by atoms with E-state index in [1.54, 1.807) is 13.2 Å². The van der Waals surface area contributed by atoms with Crippen LogP contribution in [0, 0.1) is 0 Å². The van der Waals surface area contributed by atoms with Gasteiger partial charge in [-0.2, -0.15) is 0 Å². The van der Waals surface area contributed by atoms with E-state index in [2.05, 4.69) is 10.6 Å². The molecule has 19 heavy (non-hydrogen) atoms. The summed E-state index contributed by atoms with van der Waals surface area (Å²) in [6.07, 6.45) is -0.474. The smallest absolute Gasteiger partial charge is 0.412 e. The highest BCUT2D eigenvalue weighted by Gasteiger charge is 2.17. The van der Waals surface area contributed by atoms with Crippen molar-refractivity contribution in [2.24, 2.45) is 0 Å².